The van der Waals surface area contributed by atoms with E-state index in [2.05, 4.69) is 20.0 Å². The quantitative estimate of drug-likeness (QED) is 0.472. The predicted molar refractivity (Wildman–Crippen MR) is 101 cm³/mol. The van der Waals surface area contributed by atoms with Gasteiger partial charge in [0.25, 0.3) is 0 Å². The molecule has 0 aliphatic carbocycles. The second-order valence-corrected chi connectivity index (χ2v) is 12.3. The highest BCUT2D eigenvalue weighted by molar-refractivity contribution is 7.10. The summed E-state index contributed by atoms with van der Waals surface area (Å²) in [6.07, 6.45) is 2.97. The van der Waals surface area contributed by atoms with Crippen molar-refractivity contribution in [1.29, 1.82) is 0 Å². The van der Waals surface area contributed by atoms with Gasteiger partial charge in [-0.3, -0.25) is 0 Å². The van der Waals surface area contributed by atoms with E-state index >= 15 is 0 Å². The monoisotopic (exact) mass is 370 g/mol. The zero-order valence-corrected chi connectivity index (χ0v) is 16.6. The van der Waals surface area contributed by atoms with Gasteiger partial charge < -0.3 is 4.43 Å². The highest BCUT2D eigenvalue weighted by Crippen LogP contribution is 2.26. The summed E-state index contributed by atoms with van der Waals surface area (Å²) < 4.78 is 20.3. The van der Waals surface area contributed by atoms with E-state index in [1.54, 1.807) is 0 Å². The molecule has 1 nitrogen and oxygen atoms in total. The van der Waals surface area contributed by atoms with E-state index in [-0.39, 0.29) is 5.13 Å². The molecule has 1 aromatic heterocycles. The molecule has 126 valence electrons. The maximum atomic E-state index is 14.2. The number of hydrogen-bond acceptors (Lipinski definition) is 2. The first kappa shape index (κ1) is 18.7. The molecule has 1 heterocycles. The van der Waals surface area contributed by atoms with Crippen molar-refractivity contribution in [1.82, 2.24) is 0 Å². The van der Waals surface area contributed by atoms with Gasteiger partial charge in [0.15, 0.2) is 13.4 Å². The molecule has 0 N–H and O–H groups in total. The van der Waals surface area contributed by atoms with Gasteiger partial charge in [-0.05, 0) is 42.9 Å². The van der Waals surface area contributed by atoms with Crippen LogP contribution >= 0.6 is 22.9 Å². The van der Waals surface area contributed by atoms with E-state index in [1.807, 2.05) is 30.3 Å². The van der Waals surface area contributed by atoms with Crippen molar-refractivity contribution >= 4 is 31.3 Å². The van der Waals surface area contributed by atoms with Crippen molar-refractivity contribution in [2.75, 3.05) is 0 Å². The summed E-state index contributed by atoms with van der Waals surface area (Å²) in [6.45, 7) is 7.19. The molecule has 0 amide bonds. The molecule has 0 saturated heterocycles. The Morgan fingerprint density at radius 2 is 2.04 bits per heavy atom. The SMILES string of the molecule is CCCC[Si](C)(C)OCc1cc(Cc2cccc(Cl)c2)c(F)s1. The van der Waals surface area contributed by atoms with Crippen LogP contribution in [0.3, 0.4) is 0 Å². The number of halogens is 2. The van der Waals surface area contributed by atoms with Crippen LogP contribution in [0, 0.1) is 5.13 Å². The van der Waals surface area contributed by atoms with Gasteiger partial charge in [-0.1, -0.05) is 43.5 Å². The van der Waals surface area contributed by atoms with E-state index in [0.29, 0.717) is 18.1 Å². The van der Waals surface area contributed by atoms with Crippen LogP contribution in [0.4, 0.5) is 4.39 Å². The average Bonchev–Trinajstić information content (AvgIpc) is 2.84. The Morgan fingerprint density at radius 3 is 2.74 bits per heavy atom. The van der Waals surface area contributed by atoms with Crippen LogP contribution < -0.4 is 0 Å². The topological polar surface area (TPSA) is 9.23 Å². The first-order valence-electron chi connectivity index (χ1n) is 8.05. The third kappa shape index (κ3) is 6.03. The predicted octanol–water partition coefficient (Wildman–Crippen LogP) is 6.65. The van der Waals surface area contributed by atoms with Crippen LogP contribution in [0.1, 0.15) is 35.8 Å². The molecule has 0 unspecified atom stereocenters. The largest absolute Gasteiger partial charge is 0.412 e. The summed E-state index contributed by atoms with van der Waals surface area (Å²) in [5, 5.41) is 0.571. The first-order chi connectivity index (χ1) is 10.9. The van der Waals surface area contributed by atoms with Crippen LogP contribution in [0.2, 0.25) is 24.2 Å². The molecule has 2 rings (SSSR count). The molecule has 0 saturated carbocycles. The first-order valence-corrected chi connectivity index (χ1v) is 12.4. The highest BCUT2D eigenvalue weighted by atomic mass is 35.5. The van der Waals surface area contributed by atoms with Gasteiger partial charge in [-0.2, -0.15) is 4.39 Å². The molecule has 0 bridgehead atoms. The molecule has 1 aromatic carbocycles. The third-order valence-electron chi connectivity index (χ3n) is 3.83. The average molecular weight is 371 g/mol. The minimum Gasteiger partial charge on any atom is -0.412 e. The molecule has 0 fully saturated rings. The van der Waals surface area contributed by atoms with Crippen LogP contribution in [0.15, 0.2) is 30.3 Å². The second kappa shape index (κ2) is 8.43. The number of unbranched alkanes of at least 4 members (excludes halogenated alkanes) is 1. The standard InChI is InChI=1S/C18H24ClFOSSi/c1-4-5-9-23(2,3)21-13-17-12-15(18(20)22-17)10-14-7-6-8-16(19)11-14/h6-8,11-12H,4-5,9-10,13H2,1-3H3. The molecule has 0 atom stereocenters. The van der Waals surface area contributed by atoms with Crippen molar-refractivity contribution in [3.63, 3.8) is 0 Å². The summed E-state index contributed by atoms with van der Waals surface area (Å²) in [4.78, 5) is 0.969. The Bertz CT molecular complexity index is 642. The molecule has 2 aromatic rings. The summed E-state index contributed by atoms with van der Waals surface area (Å²) >= 11 is 7.19. The maximum Gasteiger partial charge on any atom is 0.187 e. The molecule has 0 aliphatic heterocycles. The Kier molecular flexibility index (Phi) is 6.83. The lowest BCUT2D eigenvalue weighted by Crippen LogP contribution is -2.29. The smallest absolute Gasteiger partial charge is 0.187 e. The Balaban J connectivity index is 1.98. The minimum atomic E-state index is -1.63. The number of hydrogen-bond donors (Lipinski definition) is 0. The minimum absolute atomic E-state index is 0.114. The molecule has 0 aliphatic rings. The number of thiophene rings is 1. The fourth-order valence-electron chi connectivity index (χ4n) is 2.46. The summed E-state index contributed by atoms with van der Waals surface area (Å²) in [6, 6.07) is 10.7. The van der Waals surface area contributed by atoms with Crippen LogP contribution in [-0.2, 0) is 17.5 Å². The van der Waals surface area contributed by atoms with Gasteiger partial charge in [0, 0.05) is 21.9 Å². The van der Waals surface area contributed by atoms with Crippen molar-refractivity contribution in [3.05, 3.63) is 56.5 Å². The molecule has 0 radical (unpaired) electrons. The fraction of sp³-hybridized carbons (Fsp3) is 0.444. The zero-order valence-electron chi connectivity index (χ0n) is 14.0. The van der Waals surface area contributed by atoms with Gasteiger partial charge in [0.2, 0.25) is 0 Å². The lowest BCUT2D eigenvalue weighted by molar-refractivity contribution is 0.297. The molecule has 5 heteroatoms. The summed E-state index contributed by atoms with van der Waals surface area (Å²) in [5.41, 5.74) is 1.75. The normalized spacial score (nSPS) is 11.9. The molecule has 23 heavy (non-hydrogen) atoms. The van der Waals surface area contributed by atoms with Crippen molar-refractivity contribution < 1.29 is 8.82 Å². The van der Waals surface area contributed by atoms with Gasteiger partial charge in [0.05, 0.1) is 6.61 Å². The van der Waals surface area contributed by atoms with Crippen molar-refractivity contribution in [2.24, 2.45) is 0 Å². The molecular weight excluding hydrogens is 347 g/mol. The number of rotatable bonds is 8. The van der Waals surface area contributed by atoms with E-state index in [1.165, 1.54) is 24.2 Å². The Labute approximate surface area is 148 Å². The van der Waals surface area contributed by atoms with E-state index in [0.717, 1.165) is 22.0 Å². The lowest BCUT2D eigenvalue weighted by atomic mass is 10.1. The van der Waals surface area contributed by atoms with Gasteiger partial charge in [-0.15, -0.1) is 11.3 Å². The molecular formula is C18H24ClFOSSi. The van der Waals surface area contributed by atoms with Crippen LogP contribution in [0.5, 0.6) is 0 Å². The van der Waals surface area contributed by atoms with Crippen molar-refractivity contribution in [3.8, 4) is 0 Å². The van der Waals surface area contributed by atoms with E-state index in [9.17, 15) is 4.39 Å². The van der Waals surface area contributed by atoms with E-state index in [4.69, 9.17) is 16.0 Å². The van der Waals surface area contributed by atoms with Gasteiger partial charge in [-0.25, -0.2) is 0 Å². The lowest BCUT2D eigenvalue weighted by Gasteiger charge is -2.22. The van der Waals surface area contributed by atoms with Crippen LogP contribution in [0.25, 0.3) is 0 Å². The van der Waals surface area contributed by atoms with Crippen LogP contribution in [-0.4, -0.2) is 8.32 Å². The zero-order chi connectivity index (χ0) is 16.9. The van der Waals surface area contributed by atoms with Gasteiger partial charge >= 0.3 is 0 Å². The van der Waals surface area contributed by atoms with Gasteiger partial charge in [0.1, 0.15) is 0 Å². The highest BCUT2D eigenvalue weighted by Gasteiger charge is 2.22. The summed E-state index contributed by atoms with van der Waals surface area (Å²) in [5.74, 6) is 0. The Hall–Kier alpha value is -0.683. The third-order valence-corrected chi connectivity index (χ3v) is 7.49. The maximum absolute atomic E-state index is 14.2. The second-order valence-electron chi connectivity index (χ2n) is 6.47. The van der Waals surface area contributed by atoms with E-state index < -0.39 is 8.32 Å². The summed E-state index contributed by atoms with van der Waals surface area (Å²) in [7, 11) is -1.63. The number of benzene rings is 1. The Morgan fingerprint density at radius 1 is 1.26 bits per heavy atom. The molecule has 0 spiro atoms. The van der Waals surface area contributed by atoms with Crippen molar-refractivity contribution in [2.45, 2.75) is 51.9 Å². The fourth-order valence-corrected chi connectivity index (χ4v) is 5.49.